The molecular weight excluding hydrogens is 215 g/mol. The van der Waals surface area contributed by atoms with Crippen molar-refractivity contribution in [3.05, 3.63) is 18.5 Å². The molecule has 0 bridgehead atoms. The van der Waals surface area contributed by atoms with Crippen molar-refractivity contribution in [2.75, 3.05) is 5.73 Å². The molecule has 92 valence electrons. The number of anilines is 1. The molecule has 1 aromatic heterocycles. The first-order valence-corrected chi connectivity index (χ1v) is 5.94. The molecule has 2 heterocycles. The highest BCUT2D eigenvalue weighted by Crippen LogP contribution is 2.39. The van der Waals surface area contributed by atoms with Gasteiger partial charge in [0.15, 0.2) is 0 Å². The number of nitrogen functional groups attached to an aromatic ring is 1. The molecule has 1 aliphatic rings. The van der Waals surface area contributed by atoms with Gasteiger partial charge in [0.25, 0.3) is 0 Å². The van der Waals surface area contributed by atoms with Gasteiger partial charge < -0.3 is 15.0 Å². The third kappa shape index (κ3) is 2.05. The van der Waals surface area contributed by atoms with Crippen molar-refractivity contribution in [3.8, 4) is 0 Å². The number of hydrogen-bond donors (Lipinski definition) is 1. The lowest BCUT2D eigenvalue weighted by Crippen LogP contribution is -2.44. The Morgan fingerprint density at radius 1 is 1.29 bits per heavy atom. The lowest BCUT2D eigenvalue weighted by molar-refractivity contribution is -0.0118. The molecule has 1 unspecified atom stereocenters. The Balaban J connectivity index is 2.28. The number of aromatic nitrogens is 1. The van der Waals surface area contributed by atoms with Crippen molar-refractivity contribution in [2.24, 2.45) is 0 Å². The van der Waals surface area contributed by atoms with Gasteiger partial charge in [0.2, 0.25) is 0 Å². The molecular formula is C12H19BN2O2. The fourth-order valence-corrected chi connectivity index (χ4v) is 2.04. The smallest absolute Gasteiger partial charge is 0.399 e. The first-order valence-electron chi connectivity index (χ1n) is 5.94. The van der Waals surface area contributed by atoms with E-state index in [2.05, 4.69) is 32.7 Å². The zero-order valence-corrected chi connectivity index (χ0v) is 10.9. The fourth-order valence-electron chi connectivity index (χ4n) is 2.04. The molecule has 1 aliphatic heterocycles. The average Bonchev–Trinajstić information content (AvgIpc) is 2.51. The highest BCUT2D eigenvalue weighted by Gasteiger charge is 2.53. The topological polar surface area (TPSA) is 57.4 Å². The Labute approximate surface area is 103 Å². The summed E-state index contributed by atoms with van der Waals surface area (Å²) in [5, 5.41) is 0. The molecule has 0 saturated carbocycles. The third-order valence-electron chi connectivity index (χ3n) is 3.77. The van der Waals surface area contributed by atoms with E-state index < -0.39 is 0 Å². The average molecular weight is 234 g/mol. The van der Waals surface area contributed by atoms with Crippen LogP contribution in [0, 0.1) is 0 Å². The van der Waals surface area contributed by atoms with Crippen LogP contribution in [0.15, 0.2) is 18.5 Å². The molecule has 17 heavy (non-hydrogen) atoms. The minimum Gasteiger partial charge on any atom is -0.399 e. The van der Waals surface area contributed by atoms with Gasteiger partial charge in [-0.25, -0.2) is 0 Å². The normalized spacial score (nSPS) is 27.4. The number of pyridine rings is 1. The second-order valence-corrected chi connectivity index (χ2v) is 5.21. The maximum absolute atomic E-state index is 6.04. The molecule has 2 rings (SSSR count). The Morgan fingerprint density at radius 2 is 2.00 bits per heavy atom. The Kier molecular flexibility index (Phi) is 2.91. The van der Waals surface area contributed by atoms with E-state index in [1.807, 2.05) is 6.07 Å². The number of hydrogen-bond acceptors (Lipinski definition) is 4. The van der Waals surface area contributed by atoms with Crippen molar-refractivity contribution in [1.29, 1.82) is 0 Å². The minimum atomic E-state index is -0.383. The van der Waals surface area contributed by atoms with Gasteiger partial charge in [0.1, 0.15) is 0 Å². The summed E-state index contributed by atoms with van der Waals surface area (Å²) in [5.41, 5.74) is 6.60. The van der Waals surface area contributed by atoms with Crippen LogP contribution in [0.3, 0.4) is 0 Å². The van der Waals surface area contributed by atoms with Gasteiger partial charge in [-0.2, -0.15) is 0 Å². The molecule has 0 radical (unpaired) electrons. The summed E-state index contributed by atoms with van der Waals surface area (Å²) < 4.78 is 12.0. The zero-order valence-electron chi connectivity index (χ0n) is 10.9. The molecule has 1 fully saturated rings. The summed E-state index contributed by atoms with van der Waals surface area (Å²) >= 11 is 0. The van der Waals surface area contributed by atoms with Crippen LogP contribution in [-0.4, -0.2) is 23.3 Å². The number of rotatable bonds is 2. The standard InChI is InChI=1S/C12H19BN2O2/c1-5-12(4)11(2,3)16-13(17-12)9-6-10(14)8-15-7-9/h6-8H,5,14H2,1-4H3. The fraction of sp³-hybridized carbons (Fsp3) is 0.583. The highest BCUT2D eigenvalue weighted by molar-refractivity contribution is 6.62. The van der Waals surface area contributed by atoms with E-state index in [4.69, 9.17) is 15.0 Å². The number of nitrogens with two attached hydrogens (primary N) is 1. The van der Waals surface area contributed by atoms with E-state index in [0.717, 1.165) is 11.9 Å². The van der Waals surface area contributed by atoms with E-state index in [9.17, 15) is 0 Å². The van der Waals surface area contributed by atoms with E-state index in [1.165, 1.54) is 0 Å². The molecule has 1 atom stereocenters. The lowest BCUT2D eigenvalue weighted by Gasteiger charge is -2.35. The van der Waals surface area contributed by atoms with Gasteiger partial charge >= 0.3 is 7.12 Å². The largest absolute Gasteiger partial charge is 0.496 e. The minimum absolute atomic E-state index is 0.289. The summed E-state index contributed by atoms with van der Waals surface area (Å²) in [7, 11) is -0.383. The van der Waals surface area contributed by atoms with Crippen molar-refractivity contribution < 1.29 is 9.31 Å². The van der Waals surface area contributed by atoms with Crippen molar-refractivity contribution in [3.63, 3.8) is 0 Å². The Hall–Kier alpha value is -1.07. The molecule has 0 amide bonds. The van der Waals surface area contributed by atoms with Crippen LogP contribution in [-0.2, 0) is 9.31 Å². The Bertz CT molecular complexity index is 425. The monoisotopic (exact) mass is 234 g/mol. The summed E-state index contributed by atoms with van der Waals surface area (Å²) in [5.74, 6) is 0. The van der Waals surface area contributed by atoms with Crippen LogP contribution in [0.1, 0.15) is 34.1 Å². The van der Waals surface area contributed by atoms with Gasteiger partial charge in [0, 0.05) is 23.5 Å². The quantitative estimate of drug-likeness (QED) is 0.785. The van der Waals surface area contributed by atoms with Gasteiger partial charge in [0.05, 0.1) is 11.2 Å². The van der Waals surface area contributed by atoms with Crippen molar-refractivity contribution >= 4 is 18.3 Å². The van der Waals surface area contributed by atoms with Crippen LogP contribution in [0.25, 0.3) is 0 Å². The number of nitrogens with zero attached hydrogens (tertiary/aromatic N) is 1. The van der Waals surface area contributed by atoms with E-state index in [-0.39, 0.29) is 18.3 Å². The highest BCUT2D eigenvalue weighted by atomic mass is 16.7. The van der Waals surface area contributed by atoms with Gasteiger partial charge in [-0.1, -0.05) is 6.92 Å². The molecule has 0 aromatic carbocycles. The summed E-state index contributed by atoms with van der Waals surface area (Å²) in [4.78, 5) is 4.07. The van der Waals surface area contributed by atoms with E-state index in [1.54, 1.807) is 12.4 Å². The molecule has 1 saturated heterocycles. The molecule has 0 spiro atoms. The maximum atomic E-state index is 6.04. The molecule has 0 aliphatic carbocycles. The van der Waals surface area contributed by atoms with Gasteiger partial charge in [-0.05, 0) is 33.3 Å². The van der Waals surface area contributed by atoms with Crippen molar-refractivity contribution in [2.45, 2.75) is 45.3 Å². The maximum Gasteiger partial charge on any atom is 0.496 e. The molecule has 2 N–H and O–H groups in total. The second-order valence-electron chi connectivity index (χ2n) is 5.21. The first kappa shape index (κ1) is 12.4. The third-order valence-corrected chi connectivity index (χ3v) is 3.77. The molecule has 4 nitrogen and oxygen atoms in total. The SMILES string of the molecule is CCC1(C)OB(c2cncc(N)c2)OC1(C)C. The Morgan fingerprint density at radius 3 is 2.53 bits per heavy atom. The van der Waals surface area contributed by atoms with Crippen LogP contribution in [0.5, 0.6) is 0 Å². The van der Waals surface area contributed by atoms with Crippen LogP contribution in [0.4, 0.5) is 5.69 Å². The predicted octanol–water partition coefficient (Wildman–Crippen LogP) is 1.35. The van der Waals surface area contributed by atoms with Crippen molar-refractivity contribution in [1.82, 2.24) is 4.98 Å². The van der Waals surface area contributed by atoms with Crippen LogP contribution >= 0.6 is 0 Å². The van der Waals surface area contributed by atoms with Gasteiger partial charge in [-0.15, -0.1) is 0 Å². The lowest BCUT2D eigenvalue weighted by atomic mass is 9.80. The van der Waals surface area contributed by atoms with E-state index in [0.29, 0.717) is 5.69 Å². The molecule has 5 heteroatoms. The van der Waals surface area contributed by atoms with Crippen LogP contribution in [0.2, 0.25) is 0 Å². The predicted molar refractivity (Wildman–Crippen MR) is 69.0 cm³/mol. The molecule has 1 aromatic rings. The van der Waals surface area contributed by atoms with E-state index >= 15 is 0 Å². The summed E-state index contributed by atoms with van der Waals surface area (Å²) in [6, 6.07) is 1.84. The first-order chi connectivity index (χ1) is 7.88. The zero-order chi connectivity index (χ0) is 12.7. The van der Waals surface area contributed by atoms with Crippen LogP contribution < -0.4 is 11.2 Å². The summed E-state index contributed by atoms with van der Waals surface area (Å²) in [6.07, 6.45) is 4.24. The second kappa shape index (κ2) is 4.00. The van der Waals surface area contributed by atoms with Gasteiger partial charge in [-0.3, -0.25) is 4.98 Å². The summed E-state index contributed by atoms with van der Waals surface area (Å²) in [6.45, 7) is 8.28.